The van der Waals surface area contributed by atoms with Crippen LogP contribution >= 0.6 is 0 Å². The third-order valence-corrected chi connectivity index (χ3v) is 2.94. The van der Waals surface area contributed by atoms with Crippen molar-refractivity contribution in [2.24, 2.45) is 0 Å². The van der Waals surface area contributed by atoms with E-state index < -0.39 is 8.32 Å². The predicted molar refractivity (Wildman–Crippen MR) is 42.5 cm³/mol. The van der Waals surface area contributed by atoms with E-state index >= 15 is 0 Å². The van der Waals surface area contributed by atoms with E-state index in [4.69, 9.17) is 0 Å². The molecule has 1 radical (unpaired) electrons. The molecule has 0 amide bonds. The zero-order valence-corrected chi connectivity index (χ0v) is 7.74. The quantitative estimate of drug-likeness (QED) is 0.428. The van der Waals surface area contributed by atoms with Crippen LogP contribution in [0.5, 0.6) is 0 Å². The molecule has 0 saturated heterocycles. The first kappa shape index (κ1) is 9.18. The molecule has 2 heteroatoms. The molecular formula is C7H17OSi. The lowest BCUT2D eigenvalue weighted by atomic mass is 10.3. The van der Waals surface area contributed by atoms with Crippen molar-refractivity contribution >= 4 is 8.32 Å². The van der Waals surface area contributed by atoms with Crippen LogP contribution in [0.1, 0.15) is 26.2 Å². The predicted octanol–water partition coefficient (Wildman–Crippen LogP) is 2.81. The highest BCUT2D eigenvalue weighted by molar-refractivity contribution is 6.69. The van der Waals surface area contributed by atoms with E-state index in [9.17, 15) is 4.80 Å². The van der Waals surface area contributed by atoms with Gasteiger partial charge in [0.05, 0.1) is 0 Å². The molecule has 0 aromatic carbocycles. The lowest BCUT2D eigenvalue weighted by molar-refractivity contribution is 0.424. The Hall–Kier alpha value is 0.177. The molecule has 0 rings (SSSR count). The Morgan fingerprint density at radius 3 is 2.11 bits per heavy atom. The molecule has 0 saturated carbocycles. The van der Waals surface area contributed by atoms with Gasteiger partial charge in [-0.15, -0.1) is 0 Å². The molecule has 0 bridgehead atoms. The van der Waals surface area contributed by atoms with Crippen LogP contribution in [0.2, 0.25) is 19.1 Å². The minimum absolute atomic E-state index is 0.959. The van der Waals surface area contributed by atoms with Crippen molar-refractivity contribution in [1.82, 2.24) is 0 Å². The number of unbranched alkanes of at least 4 members (excludes halogenated alkanes) is 2. The summed E-state index contributed by atoms with van der Waals surface area (Å²) in [5, 5.41) is 0. The van der Waals surface area contributed by atoms with Crippen molar-refractivity contribution in [2.75, 3.05) is 0 Å². The average Bonchev–Trinajstić information content (AvgIpc) is 1.63. The van der Waals surface area contributed by atoms with Gasteiger partial charge in [0.1, 0.15) is 0 Å². The van der Waals surface area contributed by atoms with Gasteiger partial charge in [-0.3, -0.25) is 4.80 Å². The topological polar surface area (TPSA) is 19.9 Å². The van der Waals surface area contributed by atoms with Crippen LogP contribution in [0.25, 0.3) is 0 Å². The van der Waals surface area contributed by atoms with E-state index in [0.29, 0.717) is 0 Å². The summed E-state index contributed by atoms with van der Waals surface area (Å²) in [6.45, 7) is 5.95. The maximum absolute atomic E-state index is 11.1. The van der Waals surface area contributed by atoms with Crippen LogP contribution in [-0.2, 0) is 4.80 Å². The fourth-order valence-corrected chi connectivity index (χ4v) is 1.90. The Balaban J connectivity index is 3.07. The van der Waals surface area contributed by atoms with Crippen molar-refractivity contribution in [3.8, 4) is 0 Å². The molecule has 0 aliphatic heterocycles. The Kier molecular flexibility index (Phi) is 4.15. The van der Waals surface area contributed by atoms with Gasteiger partial charge >= 0.3 is 0 Å². The van der Waals surface area contributed by atoms with E-state index in [2.05, 4.69) is 6.92 Å². The maximum Gasteiger partial charge on any atom is 0.231 e. The molecule has 0 N–H and O–H groups in total. The summed E-state index contributed by atoms with van der Waals surface area (Å²) in [6.07, 6.45) is 3.61. The van der Waals surface area contributed by atoms with Crippen LogP contribution in [0.15, 0.2) is 0 Å². The Bertz CT molecular complexity index is 65.8. The van der Waals surface area contributed by atoms with Gasteiger partial charge in [0.15, 0.2) is 0 Å². The minimum atomic E-state index is -1.94. The first-order valence-electron chi connectivity index (χ1n) is 3.76. The summed E-state index contributed by atoms with van der Waals surface area (Å²) in [5.74, 6) is 0. The molecule has 0 aromatic rings. The SMILES string of the molecule is CCCCC[Si](C)(C)[O]. The molecule has 0 aliphatic carbocycles. The van der Waals surface area contributed by atoms with E-state index in [0.717, 1.165) is 12.5 Å². The standard InChI is InChI=1S/C7H17OSi/c1-4-5-6-7-9(2,3)8/h4-7H2,1-3H3. The minimum Gasteiger partial charge on any atom is -0.298 e. The lowest BCUT2D eigenvalue weighted by Crippen LogP contribution is -2.21. The van der Waals surface area contributed by atoms with Gasteiger partial charge in [-0.25, -0.2) is 0 Å². The fourth-order valence-electron chi connectivity index (χ4n) is 0.801. The second-order valence-corrected chi connectivity index (χ2v) is 7.24. The summed E-state index contributed by atoms with van der Waals surface area (Å²) >= 11 is 0. The van der Waals surface area contributed by atoms with E-state index in [-0.39, 0.29) is 0 Å². The summed E-state index contributed by atoms with van der Waals surface area (Å²) in [6, 6.07) is 0.959. The Labute approximate surface area is 59.2 Å². The molecular weight excluding hydrogens is 128 g/mol. The van der Waals surface area contributed by atoms with Crippen molar-refractivity contribution in [3.05, 3.63) is 0 Å². The molecule has 9 heavy (non-hydrogen) atoms. The fraction of sp³-hybridized carbons (Fsp3) is 1.00. The summed E-state index contributed by atoms with van der Waals surface area (Å²) in [4.78, 5) is 11.1. The first-order valence-corrected chi connectivity index (χ1v) is 6.88. The highest BCUT2D eigenvalue weighted by Crippen LogP contribution is 2.11. The molecule has 0 heterocycles. The highest BCUT2D eigenvalue weighted by Gasteiger charge is 2.17. The van der Waals surface area contributed by atoms with Crippen molar-refractivity contribution in [2.45, 2.75) is 45.3 Å². The summed E-state index contributed by atoms with van der Waals surface area (Å²) in [5.41, 5.74) is 0. The van der Waals surface area contributed by atoms with Gasteiger partial charge in [0.25, 0.3) is 0 Å². The largest absolute Gasteiger partial charge is 0.298 e. The second-order valence-electron chi connectivity index (χ2n) is 3.22. The Morgan fingerprint density at radius 1 is 1.22 bits per heavy atom. The smallest absolute Gasteiger partial charge is 0.231 e. The summed E-state index contributed by atoms with van der Waals surface area (Å²) in [7, 11) is -1.94. The highest BCUT2D eigenvalue weighted by atomic mass is 28.4. The van der Waals surface area contributed by atoms with Crippen LogP contribution in [0.3, 0.4) is 0 Å². The second kappa shape index (κ2) is 4.07. The van der Waals surface area contributed by atoms with Gasteiger partial charge in [-0.2, -0.15) is 0 Å². The van der Waals surface area contributed by atoms with Crippen LogP contribution in [0, 0.1) is 0 Å². The van der Waals surface area contributed by atoms with Gasteiger partial charge in [0, 0.05) is 0 Å². The number of hydrogen-bond donors (Lipinski definition) is 0. The monoisotopic (exact) mass is 145 g/mol. The van der Waals surface area contributed by atoms with Crippen molar-refractivity contribution in [1.29, 1.82) is 0 Å². The normalized spacial score (nSPS) is 12.0. The van der Waals surface area contributed by atoms with Crippen LogP contribution in [-0.4, -0.2) is 8.32 Å². The van der Waals surface area contributed by atoms with E-state index in [1.165, 1.54) is 12.8 Å². The summed E-state index contributed by atoms with van der Waals surface area (Å²) < 4.78 is 0. The van der Waals surface area contributed by atoms with Gasteiger partial charge in [-0.1, -0.05) is 26.2 Å². The molecule has 0 spiro atoms. The molecule has 55 valence electrons. The van der Waals surface area contributed by atoms with Crippen molar-refractivity contribution in [3.63, 3.8) is 0 Å². The van der Waals surface area contributed by atoms with Crippen molar-refractivity contribution < 1.29 is 4.80 Å². The zero-order valence-electron chi connectivity index (χ0n) is 6.74. The lowest BCUT2D eigenvalue weighted by Gasteiger charge is -2.08. The van der Waals surface area contributed by atoms with Crippen LogP contribution in [0.4, 0.5) is 0 Å². The number of hydrogen-bond acceptors (Lipinski definition) is 0. The number of rotatable bonds is 4. The Morgan fingerprint density at radius 2 is 1.78 bits per heavy atom. The molecule has 0 aliphatic rings. The van der Waals surface area contributed by atoms with E-state index in [1.54, 1.807) is 0 Å². The molecule has 0 unspecified atom stereocenters. The van der Waals surface area contributed by atoms with Gasteiger partial charge < -0.3 is 0 Å². The van der Waals surface area contributed by atoms with Gasteiger partial charge in [0.2, 0.25) is 8.32 Å². The zero-order chi connectivity index (χ0) is 7.33. The third-order valence-electron chi connectivity index (χ3n) is 1.38. The first-order chi connectivity index (χ1) is 4.06. The average molecular weight is 145 g/mol. The molecule has 0 atom stereocenters. The molecule has 0 fully saturated rings. The maximum atomic E-state index is 11.1. The van der Waals surface area contributed by atoms with Gasteiger partial charge in [-0.05, 0) is 19.1 Å². The molecule has 1 nitrogen and oxygen atoms in total. The molecule has 0 aromatic heterocycles. The third kappa shape index (κ3) is 8.18. The van der Waals surface area contributed by atoms with Crippen LogP contribution < -0.4 is 0 Å². The van der Waals surface area contributed by atoms with E-state index in [1.807, 2.05) is 13.1 Å².